The molecule has 2 aromatic rings. The Labute approximate surface area is 185 Å². The van der Waals surface area contributed by atoms with Crippen molar-refractivity contribution < 1.29 is 9.47 Å². The molecule has 0 aliphatic rings. The molecule has 0 radical (unpaired) electrons. The Balaban J connectivity index is 2.23. The molecule has 8 heteroatoms. The van der Waals surface area contributed by atoms with Crippen molar-refractivity contribution in [2.45, 2.75) is 13.5 Å². The Morgan fingerprint density at radius 2 is 2.04 bits per heavy atom. The minimum Gasteiger partial charge on any atom is -0.479 e. The first-order chi connectivity index (χ1) is 13.0. The second kappa shape index (κ2) is 10.4. The second-order valence-corrected chi connectivity index (χ2v) is 7.69. The third-order valence-corrected chi connectivity index (χ3v) is 4.95. The number of benzene rings is 1. The van der Waals surface area contributed by atoms with Gasteiger partial charge in [-0.15, -0.1) is 6.42 Å². The van der Waals surface area contributed by atoms with Crippen LogP contribution in [-0.4, -0.2) is 24.9 Å². The van der Waals surface area contributed by atoms with Gasteiger partial charge in [-0.1, -0.05) is 5.92 Å². The molecule has 27 heavy (non-hydrogen) atoms. The molecule has 1 heterocycles. The predicted molar refractivity (Wildman–Crippen MR) is 122 cm³/mol. The summed E-state index contributed by atoms with van der Waals surface area (Å²) in [4.78, 5) is 4.36. The lowest BCUT2D eigenvalue weighted by Crippen LogP contribution is -2.04. The number of anilines is 1. The fourth-order valence-electron chi connectivity index (χ4n) is 2.29. The van der Waals surface area contributed by atoms with Gasteiger partial charge in [-0.2, -0.15) is 10.4 Å². The van der Waals surface area contributed by atoms with Gasteiger partial charge in [0.25, 0.3) is 0 Å². The minimum atomic E-state index is 0.223. The largest absolute Gasteiger partial charge is 0.479 e. The number of hydrazone groups is 1. The van der Waals surface area contributed by atoms with Crippen molar-refractivity contribution in [1.29, 1.82) is 5.26 Å². The summed E-state index contributed by atoms with van der Waals surface area (Å²) < 4.78 is 12.6. The number of hydrogen-bond acceptors (Lipinski definition) is 6. The highest BCUT2D eigenvalue weighted by atomic mass is 127. The number of nitrogens with zero attached hydrogens (tertiary/aromatic N) is 3. The molecule has 0 unspecified atom stereocenters. The number of hydrogen-bond donors (Lipinski definition) is 1. The summed E-state index contributed by atoms with van der Waals surface area (Å²) in [5, 5.41) is 13.7. The highest BCUT2D eigenvalue weighted by Crippen LogP contribution is 2.28. The normalized spacial score (nSPS) is 10.4. The van der Waals surface area contributed by atoms with Gasteiger partial charge < -0.3 is 9.47 Å². The summed E-state index contributed by atoms with van der Waals surface area (Å²) >= 11 is 4.39. The van der Waals surface area contributed by atoms with E-state index in [2.05, 4.69) is 72.7 Å². The van der Waals surface area contributed by atoms with Crippen LogP contribution in [0.4, 0.5) is 5.82 Å². The quantitative estimate of drug-likeness (QED) is 0.229. The summed E-state index contributed by atoms with van der Waals surface area (Å²) in [6.45, 7) is 2.41. The van der Waals surface area contributed by atoms with Gasteiger partial charge in [0.1, 0.15) is 24.0 Å². The Bertz CT molecular complexity index is 923. The average molecular weight is 586 g/mol. The van der Waals surface area contributed by atoms with Gasteiger partial charge >= 0.3 is 0 Å². The van der Waals surface area contributed by atoms with Gasteiger partial charge in [0, 0.05) is 18.4 Å². The summed E-state index contributed by atoms with van der Waals surface area (Å²) in [5.74, 6) is 3.62. The number of nitriles is 1. The fourth-order valence-corrected chi connectivity index (χ4v) is 4.42. The molecular formula is C19H16I2N4O2. The van der Waals surface area contributed by atoms with E-state index in [-0.39, 0.29) is 6.61 Å². The lowest BCUT2D eigenvalue weighted by molar-refractivity contribution is 0.184. The summed E-state index contributed by atoms with van der Waals surface area (Å²) in [5.41, 5.74) is 5.70. The van der Waals surface area contributed by atoms with Crippen molar-refractivity contribution in [1.82, 2.24) is 4.98 Å². The maximum Gasteiger partial charge on any atom is 0.164 e. The van der Waals surface area contributed by atoms with Crippen LogP contribution in [0.3, 0.4) is 0 Å². The van der Waals surface area contributed by atoms with E-state index in [1.54, 1.807) is 13.3 Å². The van der Waals surface area contributed by atoms with Crippen LogP contribution in [0.15, 0.2) is 23.3 Å². The zero-order valence-corrected chi connectivity index (χ0v) is 19.0. The highest BCUT2D eigenvalue weighted by Gasteiger charge is 2.11. The van der Waals surface area contributed by atoms with E-state index in [1.165, 1.54) is 0 Å². The Hall–Kier alpha value is -1.89. The number of terminal acetylenes is 1. The molecule has 0 saturated carbocycles. The van der Waals surface area contributed by atoms with E-state index in [4.69, 9.17) is 15.9 Å². The number of rotatable bonds is 7. The van der Waals surface area contributed by atoms with Crippen molar-refractivity contribution in [2.24, 2.45) is 5.10 Å². The van der Waals surface area contributed by atoms with Crippen LogP contribution in [-0.2, 0) is 11.3 Å². The van der Waals surface area contributed by atoms with Gasteiger partial charge in [-0.05, 0) is 75.9 Å². The van der Waals surface area contributed by atoms with E-state index in [0.717, 1.165) is 29.7 Å². The smallest absolute Gasteiger partial charge is 0.164 e. The Morgan fingerprint density at radius 3 is 2.63 bits per heavy atom. The monoisotopic (exact) mass is 586 g/mol. The number of aryl methyl sites for hydroxylation is 1. The van der Waals surface area contributed by atoms with Gasteiger partial charge in [-0.3, -0.25) is 5.43 Å². The van der Waals surface area contributed by atoms with E-state index in [1.807, 2.05) is 25.1 Å². The van der Waals surface area contributed by atoms with E-state index in [9.17, 15) is 5.26 Å². The number of ether oxygens (including phenoxy) is 2. The van der Waals surface area contributed by atoms with Crippen molar-refractivity contribution in [2.75, 3.05) is 19.1 Å². The minimum absolute atomic E-state index is 0.223. The van der Waals surface area contributed by atoms with Crippen LogP contribution in [0.5, 0.6) is 5.75 Å². The number of methoxy groups -OCH3 is 1. The maximum atomic E-state index is 9.44. The molecule has 0 fully saturated rings. The van der Waals surface area contributed by atoms with Crippen molar-refractivity contribution in [3.05, 3.63) is 47.7 Å². The van der Waals surface area contributed by atoms with E-state index >= 15 is 0 Å². The second-order valence-electron chi connectivity index (χ2n) is 5.37. The fraction of sp³-hybridized carbons (Fsp3) is 0.211. The first-order valence-electron chi connectivity index (χ1n) is 7.74. The molecule has 0 amide bonds. The molecule has 6 nitrogen and oxygen atoms in total. The summed E-state index contributed by atoms with van der Waals surface area (Å²) in [7, 11) is 1.59. The Morgan fingerprint density at radius 1 is 1.33 bits per heavy atom. The summed E-state index contributed by atoms with van der Waals surface area (Å²) in [6, 6.07) is 7.86. The lowest BCUT2D eigenvalue weighted by Gasteiger charge is -2.10. The molecule has 0 atom stereocenters. The Kier molecular flexibility index (Phi) is 8.28. The first kappa shape index (κ1) is 21.4. The average Bonchev–Trinajstić information content (AvgIpc) is 2.61. The number of halogens is 2. The third kappa shape index (κ3) is 5.79. The van der Waals surface area contributed by atoms with Crippen molar-refractivity contribution >= 4 is 57.2 Å². The molecule has 138 valence electrons. The molecule has 0 bridgehead atoms. The molecule has 0 aliphatic carbocycles. The number of nitrogens with one attached hydrogen (secondary N) is 1. The van der Waals surface area contributed by atoms with Crippen molar-refractivity contribution in [3.63, 3.8) is 0 Å². The van der Waals surface area contributed by atoms with Gasteiger partial charge in [0.05, 0.1) is 20.0 Å². The first-order valence-corrected chi connectivity index (χ1v) is 9.89. The van der Waals surface area contributed by atoms with Gasteiger partial charge in [0.2, 0.25) is 0 Å². The lowest BCUT2D eigenvalue weighted by atomic mass is 10.1. The highest BCUT2D eigenvalue weighted by molar-refractivity contribution is 14.1. The van der Waals surface area contributed by atoms with Crippen molar-refractivity contribution in [3.8, 4) is 24.2 Å². The van der Waals surface area contributed by atoms with Crippen LogP contribution < -0.4 is 10.2 Å². The molecule has 2 rings (SSSR count). The zero-order chi connectivity index (χ0) is 19.8. The van der Waals surface area contributed by atoms with Crippen LogP contribution in [0, 0.1) is 37.7 Å². The molecule has 0 spiro atoms. The van der Waals surface area contributed by atoms with Gasteiger partial charge in [-0.25, -0.2) is 4.98 Å². The SMILES string of the molecule is C#CCOc1c(I)cc(/C=N\Nc2nc(C)cc(COC)c2C#N)cc1I. The maximum absolute atomic E-state index is 9.44. The van der Waals surface area contributed by atoms with Crippen LogP contribution in [0.1, 0.15) is 22.4 Å². The van der Waals surface area contributed by atoms with Crippen LogP contribution in [0.25, 0.3) is 0 Å². The third-order valence-electron chi connectivity index (χ3n) is 3.35. The number of pyridine rings is 1. The number of aromatic nitrogens is 1. The molecule has 1 aromatic heterocycles. The molecular weight excluding hydrogens is 570 g/mol. The van der Waals surface area contributed by atoms with Crippen LogP contribution in [0.2, 0.25) is 0 Å². The van der Waals surface area contributed by atoms with E-state index in [0.29, 0.717) is 18.0 Å². The van der Waals surface area contributed by atoms with Gasteiger partial charge in [0.15, 0.2) is 5.82 Å². The van der Waals surface area contributed by atoms with E-state index < -0.39 is 0 Å². The topological polar surface area (TPSA) is 79.5 Å². The standard InChI is InChI=1S/C19H16I2N4O2/c1-4-5-27-18-16(20)7-13(8-17(18)21)10-23-25-19-15(9-22)14(11-26-3)6-12(2)24-19/h1,6-8,10H,5,11H2,2-3H3,(H,24,25)/b23-10-. The van der Waals surface area contributed by atoms with Crippen LogP contribution >= 0.6 is 45.2 Å². The zero-order valence-electron chi connectivity index (χ0n) is 14.7. The predicted octanol–water partition coefficient (Wildman–Crippen LogP) is 4.08. The molecule has 1 N–H and O–H groups in total. The molecule has 0 saturated heterocycles. The molecule has 0 aliphatic heterocycles. The summed E-state index contributed by atoms with van der Waals surface area (Å²) in [6.07, 6.45) is 6.91. The molecule has 1 aromatic carbocycles.